The van der Waals surface area contributed by atoms with Gasteiger partial charge in [-0.1, -0.05) is 0 Å². The minimum atomic E-state index is -0.0822. The van der Waals surface area contributed by atoms with Crippen LogP contribution in [0.25, 0.3) is 0 Å². The molecular formula is C9H14N2O2. The maximum Gasteiger partial charge on any atom is 0.234 e. The van der Waals surface area contributed by atoms with E-state index in [-0.39, 0.29) is 23.7 Å². The number of rotatable bonds is 1. The van der Waals surface area contributed by atoms with E-state index in [9.17, 15) is 9.59 Å². The van der Waals surface area contributed by atoms with Gasteiger partial charge in [0.1, 0.15) is 0 Å². The molecule has 4 heteroatoms. The lowest BCUT2D eigenvalue weighted by molar-refractivity contribution is -0.139. The first-order valence-electron chi connectivity index (χ1n) is 4.81. The van der Waals surface area contributed by atoms with Crippen LogP contribution in [-0.4, -0.2) is 36.3 Å². The Kier molecular flexibility index (Phi) is 2.07. The average molecular weight is 182 g/mol. The highest BCUT2D eigenvalue weighted by Gasteiger charge is 2.47. The van der Waals surface area contributed by atoms with E-state index in [2.05, 4.69) is 5.32 Å². The molecule has 13 heavy (non-hydrogen) atoms. The van der Waals surface area contributed by atoms with Gasteiger partial charge in [0.25, 0.3) is 0 Å². The summed E-state index contributed by atoms with van der Waals surface area (Å²) in [5.41, 5.74) is 0. The first kappa shape index (κ1) is 8.69. The van der Waals surface area contributed by atoms with Gasteiger partial charge in [0.05, 0.1) is 11.8 Å². The van der Waals surface area contributed by atoms with E-state index >= 15 is 0 Å². The van der Waals surface area contributed by atoms with Crippen LogP contribution < -0.4 is 5.32 Å². The SMILES string of the molecule is CCN1C(=O)[C@@H]2CCNC[C@H]2C1=O. The van der Waals surface area contributed by atoms with Crippen LogP contribution in [0, 0.1) is 11.8 Å². The molecular weight excluding hydrogens is 168 g/mol. The summed E-state index contributed by atoms with van der Waals surface area (Å²) in [7, 11) is 0. The Labute approximate surface area is 77.3 Å². The van der Waals surface area contributed by atoms with Gasteiger partial charge >= 0.3 is 0 Å². The number of piperidine rings is 1. The molecule has 2 atom stereocenters. The lowest BCUT2D eigenvalue weighted by Gasteiger charge is -2.21. The van der Waals surface area contributed by atoms with E-state index in [1.54, 1.807) is 0 Å². The second-order valence-electron chi connectivity index (χ2n) is 3.63. The molecule has 2 fully saturated rings. The monoisotopic (exact) mass is 182 g/mol. The van der Waals surface area contributed by atoms with Gasteiger partial charge in [0.15, 0.2) is 0 Å². The zero-order chi connectivity index (χ0) is 9.42. The van der Waals surface area contributed by atoms with Crippen LogP contribution >= 0.6 is 0 Å². The molecule has 0 bridgehead atoms. The molecule has 4 nitrogen and oxygen atoms in total. The van der Waals surface area contributed by atoms with Crippen molar-refractivity contribution in [2.24, 2.45) is 11.8 Å². The van der Waals surface area contributed by atoms with Gasteiger partial charge in [-0.25, -0.2) is 0 Å². The Morgan fingerprint density at radius 1 is 1.38 bits per heavy atom. The van der Waals surface area contributed by atoms with Gasteiger partial charge < -0.3 is 5.32 Å². The Bertz CT molecular complexity index is 228. The van der Waals surface area contributed by atoms with Gasteiger partial charge in [0, 0.05) is 13.1 Å². The summed E-state index contributed by atoms with van der Waals surface area (Å²) in [5.74, 6) is -0.0569. The fourth-order valence-corrected chi connectivity index (χ4v) is 2.23. The number of nitrogens with zero attached hydrogens (tertiary/aromatic N) is 1. The maximum atomic E-state index is 11.7. The number of nitrogens with one attached hydrogen (secondary N) is 1. The highest BCUT2D eigenvalue weighted by Crippen LogP contribution is 2.30. The Hall–Kier alpha value is -0.900. The molecule has 0 saturated carbocycles. The quantitative estimate of drug-likeness (QED) is 0.561. The molecule has 0 aromatic rings. The standard InChI is InChI=1S/C9H14N2O2/c1-2-11-8(12)6-3-4-10-5-7(6)9(11)13/h6-7,10H,2-5H2,1H3/t6-,7-/m1/s1. The zero-order valence-corrected chi connectivity index (χ0v) is 7.75. The summed E-state index contributed by atoms with van der Waals surface area (Å²) in [4.78, 5) is 24.7. The van der Waals surface area contributed by atoms with Crippen molar-refractivity contribution in [1.82, 2.24) is 10.2 Å². The molecule has 0 aromatic carbocycles. The van der Waals surface area contributed by atoms with E-state index in [0.29, 0.717) is 13.1 Å². The summed E-state index contributed by atoms with van der Waals surface area (Å²) in [5, 5.41) is 3.15. The van der Waals surface area contributed by atoms with Gasteiger partial charge in [-0.05, 0) is 19.9 Å². The highest BCUT2D eigenvalue weighted by atomic mass is 16.2. The molecule has 0 spiro atoms. The number of imide groups is 1. The van der Waals surface area contributed by atoms with E-state index in [0.717, 1.165) is 13.0 Å². The third kappa shape index (κ3) is 1.16. The molecule has 2 rings (SSSR count). The maximum absolute atomic E-state index is 11.7. The van der Waals surface area contributed by atoms with E-state index in [1.165, 1.54) is 4.90 Å². The van der Waals surface area contributed by atoms with E-state index in [1.807, 2.05) is 6.92 Å². The molecule has 0 radical (unpaired) electrons. The predicted molar refractivity (Wildman–Crippen MR) is 46.9 cm³/mol. The van der Waals surface area contributed by atoms with Crippen LogP contribution in [0.3, 0.4) is 0 Å². The van der Waals surface area contributed by atoms with E-state index < -0.39 is 0 Å². The Morgan fingerprint density at radius 2 is 2.08 bits per heavy atom. The van der Waals surface area contributed by atoms with Crippen molar-refractivity contribution in [3.63, 3.8) is 0 Å². The summed E-state index contributed by atoms with van der Waals surface area (Å²) in [6.07, 6.45) is 0.811. The third-order valence-electron chi connectivity index (χ3n) is 2.96. The number of fused-ring (bicyclic) bond motifs is 1. The first-order chi connectivity index (χ1) is 6.25. The predicted octanol–water partition coefficient (Wildman–Crippen LogP) is -0.399. The molecule has 1 N–H and O–H groups in total. The lowest BCUT2D eigenvalue weighted by atomic mass is 9.89. The second-order valence-corrected chi connectivity index (χ2v) is 3.63. The molecule has 0 unspecified atom stereocenters. The van der Waals surface area contributed by atoms with Crippen LogP contribution in [0.1, 0.15) is 13.3 Å². The fraction of sp³-hybridized carbons (Fsp3) is 0.778. The highest BCUT2D eigenvalue weighted by molar-refractivity contribution is 6.05. The second kappa shape index (κ2) is 3.10. The number of hydrogen-bond donors (Lipinski definition) is 1. The summed E-state index contributed by atoms with van der Waals surface area (Å²) >= 11 is 0. The molecule has 2 heterocycles. The fourth-order valence-electron chi connectivity index (χ4n) is 2.23. The van der Waals surface area contributed by atoms with Crippen molar-refractivity contribution in [2.45, 2.75) is 13.3 Å². The molecule has 2 aliphatic heterocycles. The van der Waals surface area contributed by atoms with Gasteiger partial charge in [-0.15, -0.1) is 0 Å². The summed E-state index contributed by atoms with van der Waals surface area (Å²) in [6, 6.07) is 0. The average Bonchev–Trinajstić information content (AvgIpc) is 2.41. The third-order valence-corrected chi connectivity index (χ3v) is 2.96. The van der Waals surface area contributed by atoms with Gasteiger partial charge in [-0.2, -0.15) is 0 Å². The van der Waals surface area contributed by atoms with Gasteiger partial charge in [0.2, 0.25) is 11.8 Å². The van der Waals surface area contributed by atoms with Crippen LogP contribution in [-0.2, 0) is 9.59 Å². The summed E-state index contributed by atoms with van der Waals surface area (Å²) in [6.45, 7) is 3.90. The molecule has 0 aliphatic carbocycles. The number of hydrogen-bond acceptors (Lipinski definition) is 3. The molecule has 2 amide bonds. The van der Waals surface area contributed by atoms with Crippen LogP contribution in [0.5, 0.6) is 0 Å². The minimum Gasteiger partial charge on any atom is -0.316 e. The number of amides is 2. The lowest BCUT2D eigenvalue weighted by Crippen LogP contribution is -2.38. The number of carbonyl (C=O) groups excluding carboxylic acids is 2. The zero-order valence-electron chi connectivity index (χ0n) is 7.75. The van der Waals surface area contributed by atoms with Crippen molar-refractivity contribution < 1.29 is 9.59 Å². The molecule has 2 aliphatic rings. The van der Waals surface area contributed by atoms with Crippen molar-refractivity contribution in [1.29, 1.82) is 0 Å². The molecule has 72 valence electrons. The Balaban J connectivity index is 2.22. The summed E-state index contributed by atoms with van der Waals surface area (Å²) < 4.78 is 0. The van der Waals surface area contributed by atoms with E-state index in [4.69, 9.17) is 0 Å². The van der Waals surface area contributed by atoms with Crippen molar-refractivity contribution >= 4 is 11.8 Å². The molecule has 2 saturated heterocycles. The van der Waals surface area contributed by atoms with Crippen LogP contribution in [0.15, 0.2) is 0 Å². The van der Waals surface area contributed by atoms with Gasteiger partial charge in [-0.3, -0.25) is 14.5 Å². The largest absolute Gasteiger partial charge is 0.316 e. The first-order valence-corrected chi connectivity index (χ1v) is 4.81. The molecule has 0 aromatic heterocycles. The van der Waals surface area contributed by atoms with Crippen molar-refractivity contribution in [2.75, 3.05) is 19.6 Å². The number of carbonyl (C=O) groups is 2. The smallest absolute Gasteiger partial charge is 0.234 e. The van der Waals surface area contributed by atoms with Crippen molar-refractivity contribution in [3.8, 4) is 0 Å². The topological polar surface area (TPSA) is 49.4 Å². The minimum absolute atomic E-state index is 0.0182. The van der Waals surface area contributed by atoms with Crippen molar-refractivity contribution in [3.05, 3.63) is 0 Å². The van der Waals surface area contributed by atoms with Crippen LogP contribution in [0.2, 0.25) is 0 Å². The Morgan fingerprint density at radius 3 is 2.69 bits per heavy atom. The van der Waals surface area contributed by atoms with Crippen LogP contribution in [0.4, 0.5) is 0 Å². The number of likely N-dealkylation sites (tertiary alicyclic amines) is 1. The normalized spacial score (nSPS) is 33.8.